The lowest BCUT2D eigenvalue weighted by atomic mass is 10.1. The monoisotopic (exact) mass is 393 g/mol. The van der Waals surface area contributed by atoms with Crippen molar-refractivity contribution in [1.29, 1.82) is 0 Å². The Bertz CT molecular complexity index is 809. The van der Waals surface area contributed by atoms with Crippen molar-refractivity contribution in [2.75, 3.05) is 38.2 Å². The number of hydrogen-bond acceptors (Lipinski definition) is 4. The van der Waals surface area contributed by atoms with Crippen molar-refractivity contribution in [1.82, 2.24) is 9.88 Å². The number of hydrogen-bond donors (Lipinski definition) is 0. The molecule has 0 unspecified atom stereocenters. The molecule has 2 aromatic rings. The number of aromatic nitrogens is 1. The van der Waals surface area contributed by atoms with Gasteiger partial charge >= 0.3 is 6.18 Å². The molecule has 150 valence electrons. The molecule has 0 radical (unpaired) electrons. The topological polar surface area (TPSA) is 45.7 Å². The molecule has 0 saturated carbocycles. The van der Waals surface area contributed by atoms with Crippen LogP contribution < -0.4 is 9.64 Å². The molecule has 8 heteroatoms. The van der Waals surface area contributed by atoms with Gasteiger partial charge in [-0.15, -0.1) is 0 Å². The molecule has 1 aliphatic rings. The van der Waals surface area contributed by atoms with E-state index in [1.54, 1.807) is 12.0 Å². The summed E-state index contributed by atoms with van der Waals surface area (Å²) in [5.74, 6) is 1.23. The highest BCUT2D eigenvalue weighted by molar-refractivity contribution is 5.79. The second-order valence-electron chi connectivity index (χ2n) is 6.65. The average molecular weight is 393 g/mol. The van der Waals surface area contributed by atoms with E-state index in [4.69, 9.17) is 4.74 Å². The summed E-state index contributed by atoms with van der Waals surface area (Å²) < 4.78 is 43.2. The van der Waals surface area contributed by atoms with Gasteiger partial charge in [0.25, 0.3) is 0 Å². The van der Waals surface area contributed by atoms with Gasteiger partial charge in [0.1, 0.15) is 11.6 Å². The van der Waals surface area contributed by atoms with Gasteiger partial charge in [0, 0.05) is 32.4 Å². The predicted molar refractivity (Wildman–Crippen MR) is 99.3 cm³/mol. The Kier molecular flexibility index (Phi) is 6.06. The van der Waals surface area contributed by atoms with Crippen LogP contribution >= 0.6 is 0 Å². The van der Waals surface area contributed by atoms with Crippen molar-refractivity contribution in [2.45, 2.75) is 19.0 Å². The van der Waals surface area contributed by atoms with Crippen LogP contribution in [0.5, 0.6) is 5.75 Å². The van der Waals surface area contributed by atoms with Crippen LogP contribution in [0.2, 0.25) is 0 Å². The van der Waals surface area contributed by atoms with Gasteiger partial charge in [-0.25, -0.2) is 4.98 Å². The lowest BCUT2D eigenvalue weighted by molar-refractivity contribution is -0.137. The number of amides is 1. The molecule has 1 aliphatic heterocycles. The quantitative estimate of drug-likeness (QED) is 0.799. The van der Waals surface area contributed by atoms with Crippen LogP contribution in [0, 0.1) is 0 Å². The zero-order valence-corrected chi connectivity index (χ0v) is 15.6. The van der Waals surface area contributed by atoms with E-state index in [1.807, 2.05) is 29.2 Å². The lowest BCUT2D eigenvalue weighted by Gasteiger charge is -2.23. The highest BCUT2D eigenvalue weighted by atomic mass is 19.4. The van der Waals surface area contributed by atoms with Crippen LogP contribution in [0.3, 0.4) is 0 Å². The van der Waals surface area contributed by atoms with Gasteiger partial charge in [-0.3, -0.25) is 4.79 Å². The number of anilines is 1. The van der Waals surface area contributed by atoms with Crippen LogP contribution in [-0.4, -0.2) is 49.1 Å². The van der Waals surface area contributed by atoms with E-state index < -0.39 is 11.7 Å². The van der Waals surface area contributed by atoms with Crippen molar-refractivity contribution in [2.24, 2.45) is 0 Å². The standard InChI is InChI=1S/C20H22F3N3O2/c1-28-17-5-2-4-15(12-17)13-19(27)26-9-3-8-25(10-11-26)18-7-6-16(14-24-18)20(21,22)23/h2,4-7,12,14H,3,8-11,13H2,1H3. The van der Waals surface area contributed by atoms with E-state index in [0.717, 1.165) is 24.2 Å². The van der Waals surface area contributed by atoms with Gasteiger partial charge in [0.05, 0.1) is 19.1 Å². The first-order valence-corrected chi connectivity index (χ1v) is 9.06. The van der Waals surface area contributed by atoms with Crippen molar-refractivity contribution < 1.29 is 22.7 Å². The summed E-state index contributed by atoms with van der Waals surface area (Å²) in [6, 6.07) is 9.83. The summed E-state index contributed by atoms with van der Waals surface area (Å²) in [7, 11) is 1.58. The molecule has 3 rings (SSSR count). The normalized spacial score (nSPS) is 15.3. The number of nitrogens with zero attached hydrogens (tertiary/aromatic N) is 3. The molecule has 2 heterocycles. The van der Waals surface area contributed by atoms with Crippen LogP contribution in [0.25, 0.3) is 0 Å². The number of ether oxygens (including phenoxy) is 1. The van der Waals surface area contributed by atoms with E-state index in [2.05, 4.69) is 4.98 Å². The van der Waals surface area contributed by atoms with E-state index >= 15 is 0 Å². The Morgan fingerprint density at radius 2 is 1.96 bits per heavy atom. The minimum absolute atomic E-state index is 0.0236. The summed E-state index contributed by atoms with van der Waals surface area (Å²) in [5, 5.41) is 0. The van der Waals surface area contributed by atoms with Gasteiger partial charge in [-0.05, 0) is 36.2 Å². The number of carbonyl (C=O) groups excluding carboxylic acids is 1. The summed E-state index contributed by atoms with van der Waals surface area (Å²) in [4.78, 5) is 20.3. The third-order valence-corrected chi connectivity index (χ3v) is 4.74. The third-order valence-electron chi connectivity index (χ3n) is 4.74. The Morgan fingerprint density at radius 1 is 1.14 bits per heavy atom. The van der Waals surface area contributed by atoms with Crippen LogP contribution in [0.1, 0.15) is 17.5 Å². The van der Waals surface area contributed by atoms with Gasteiger partial charge in [-0.1, -0.05) is 12.1 Å². The number of alkyl halides is 3. The molecule has 28 heavy (non-hydrogen) atoms. The van der Waals surface area contributed by atoms with E-state index in [9.17, 15) is 18.0 Å². The first-order valence-electron chi connectivity index (χ1n) is 9.06. The summed E-state index contributed by atoms with van der Waals surface area (Å²) in [6.07, 6.45) is -2.53. The number of pyridine rings is 1. The summed E-state index contributed by atoms with van der Waals surface area (Å²) >= 11 is 0. The molecule has 5 nitrogen and oxygen atoms in total. The van der Waals surface area contributed by atoms with Crippen LogP contribution in [-0.2, 0) is 17.4 Å². The second-order valence-corrected chi connectivity index (χ2v) is 6.65. The molecule has 1 fully saturated rings. The zero-order valence-electron chi connectivity index (χ0n) is 15.6. The largest absolute Gasteiger partial charge is 0.497 e. The minimum Gasteiger partial charge on any atom is -0.497 e. The highest BCUT2D eigenvalue weighted by Gasteiger charge is 2.31. The van der Waals surface area contributed by atoms with Crippen molar-refractivity contribution >= 4 is 11.7 Å². The molecule has 0 bridgehead atoms. The number of benzene rings is 1. The Morgan fingerprint density at radius 3 is 2.64 bits per heavy atom. The van der Waals surface area contributed by atoms with E-state index in [1.165, 1.54) is 6.07 Å². The maximum atomic E-state index is 12.7. The molecule has 0 atom stereocenters. The van der Waals surface area contributed by atoms with Crippen molar-refractivity contribution in [3.8, 4) is 5.75 Å². The maximum Gasteiger partial charge on any atom is 0.417 e. The summed E-state index contributed by atoms with van der Waals surface area (Å²) in [5.41, 5.74) is 0.121. The fourth-order valence-corrected chi connectivity index (χ4v) is 3.21. The van der Waals surface area contributed by atoms with E-state index in [-0.39, 0.29) is 12.3 Å². The Labute approximate surface area is 161 Å². The van der Waals surface area contributed by atoms with Gasteiger partial charge in [0.2, 0.25) is 5.91 Å². The summed E-state index contributed by atoms with van der Waals surface area (Å²) in [6.45, 7) is 2.29. The van der Waals surface area contributed by atoms with Crippen molar-refractivity contribution in [3.05, 3.63) is 53.7 Å². The maximum absolute atomic E-state index is 12.7. The van der Waals surface area contributed by atoms with Crippen LogP contribution in [0.15, 0.2) is 42.6 Å². The van der Waals surface area contributed by atoms with Gasteiger partial charge < -0.3 is 14.5 Å². The molecule has 1 aromatic heterocycles. The zero-order chi connectivity index (χ0) is 20.1. The second kappa shape index (κ2) is 8.50. The van der Waals surface area contributed by atoms with Crippen LogP contribution in [0.4, 0.5) is 19.0 Å². The average Bonchev–Trinajstić information content (AvgIpc) is 2.94. The molecule has 1 aromatic carbocycles. The molecule has 1 saturated heterocycles. The molecule has 1 amide bonds. The minimum atomic E-state index is -4.40. The number of methoxy groups -OCH3 is 1. The SMILES string of the molecule is COc1cccc(CC(=O)N2CCCN(c3ccc(C(F)(F)F)cn3)CC2)c1. The number of halogens is 3. The lowest BCUT2D eigenvalue weighted by Crippen LogP contribution is -2.36. The van der Waals surface area contributed by atoms with Crippen molar-refractivity contribution in [3.63, 3.8) is 0 Å². The number of carbonyl (C=O) groups is 1. The van der Waals surface area contributed by atoms with Gasteiger partial charge in [-0.2, -0.15) is 13.2 Å². The molecular formula is C20H22F3N3O2. The first kappa shape index (κ1) is 20.0. The molecular weight excluding hydrogens is 371 g/mol. The smallest absolute Gasteiger partial charge is 0.417 e. The predicted octanol–water partition coefficient (Wildman–Crippen LogP) is 3.39. The molecule has 0 spiro atoms. The fourth-order valence-electron chi connectivity index (χ4n) is 3.21. The third kappa shape index (κ3) is 4.94. The highest BCUT2D eigenvalue weighted by Crippen LogP contribution is 2.29. The first-order chi connectivity index (χ1) is 13.4. The molecule has 0 N–H and O–H groups in total. The van der Waals surface area contributed by atoms with Gasteiger partial charge in [0.15, 0.2) is 0 Å². The Hall–Kier alpha value is -2.77. The fraction of sp³-hybridized carbons (Fsp3) is 0.400. The number of rotatable bonds is 4. The Balaban J connectivity index is 1.60. The molecule has 0 aliphatic carbocycles. The van der Waals surface area contributed by atoms with E-state index in [0.29, 0.717) is 37.7 Å².